The van der Waals surface area contributed by atoms with Gasteiger partial charge in [-0.1, -0.05) is 30.3 Å². The highest BCUT2D eigenvalue weighted by molar-refractivity contribution is 5.54. The Balaban J connectivity index is 1.59. The quantitative estimate of drug-likeness (QED) is 0.794. The van der Waals surface area contributed by atoms with Crippen molar-refractivity contribution in [3.8, 4) is 11.4 Å². The van der Waals surface area contributed by atoms with Crippen LogP contribution in [0.4, 0.5) is 0 Å². The molecular weight excluding hydrogens is 314 g/mol. The molecule has 128 valence electrons. The lowest BCUT2D eigenvalue weighted by molar-refractivity contribution is 0.234. The molecule has 0 fully saturated rings. The summed E-state index contributed by atoms with van der Waals surface area (Å²) in [5, 5.41) is 4.32. The summed E-state index contributed by atoms with van der Waals surface area (Å²) in [4.78, 5) is 22.5. The molecule has 1 aliphatic rings. The van der Waals surface area contributed by atoms with E-state index in [2.05, 4.69) is 21.9 Å². The van der Waals surface area contributed by atoms with E-state index in [1.165, 1.54) is 5.69 Å². The fourth-order valence-corrected chi connectivity index (χ4v) is 3.36. The Bertz CT molecular complexity index is 928. The number of aromatic amines is 1. The number of hydrogen-bond acceptors (Lipinski definition) is 4. The molecule has 0 amide bonds. The summed E-state index contributed by atoms with van der Waals surface area (Å²) >= 11 is 0. The third kappa shape index (κ3) is 3.13. The summed E-state index contributed by atoms with van der Waals surface area (Å²) in [6, 6.07) is 11.8. The minimum absolute atomic E-state index is 0.0300. The summed E-state index contributed by atoms with van der Waals surface area (Å²) in [5.41, 5.74) is 3.79. The number of nitrogens with zero attached hydrogens (tertiary/aromatic N) is 4. The van der Waals surface area contributed by atoms with Gasteiger partial charge in [0, 0.05) is 44.4 Å². The summed E-state index contributed by atoms with van der Waals surface area (Å²) < 4.78 is 2.00. The SMILES string of the molecule is CCn1nccc1CN1CCc2nc(-c3ccccc3)[nH]c(=O)c2C1. The van der Waals surface area contributed by atoms with Gasteiger partial charge >= 0.3 is 0 Å². The Labute approximate surface area is 146 Å². The third-order valence-corrected chi connectivity index (χ3v) is 4.68. The van der Waals surface area contributed by atoms with Gasteiger partial charge in [-0.25, -0.2) is 4.98 Å². The predicted octanol–water partition coefficient (Wildman–Crippen LogP) is 2.21. The first-order valence-electron chi connectivity index (χ1n) is 8.65. The summed E-state index contributed by atoms with van der Waals surface area (Å²) in [6.45, 7) is 5.26. The molecule has 1 aliphatic heterocycles. The smallest absolute Gasteiger partial charge is 0.255 e. The number of aryl methyl sites for hydroxylation is 1. The van der Waals surface area contributed by atoms with Crippen LogP contribution in [-0.4, -0.2) is 31.2 Å². The van der Waals surface area contributed by atoms with Crippen molar-refractivity contribution >= 4 is 0 Å². The molecule has 6 nitrogen and oxygen atoms in total. The zero-order chi connectivity index (χ0) is 17.2. The number of H-pyrrole nitrogens is 1. The third-order valence-electron chi connectivity index (χ3n) is 4.68. The molecule has 4 rings (SSSR count). The maximum atomic E-state index is 12.6. The number of nitrogens with one attached hydrogen (secondary N) is 1. The first-order chi connectivity index (χ1) is 12.2. The van der Waals surface area contributed by atoms with Crippen molar-refractivity contribution in [1.82, 2.24) is 24.6 Å². The lowest BCUT2D eigenvalue weighted by Gasteiger charge is -2.27. The van der Waals surface area contributed by atoms with Gasteiger partial charge in [0.1, 0.15) is 5.82 Å². The molecule has 25 heavy (non-hydrogen) atoms. The molecular formula is C19H21N5O. The Kier molecular flexibility index (Phi) is 4.19. The zero-order valence-corrected chi connectivity index (χ0v) is 14.3. The zero-order valence-electron chi connectivity index (χ0n) is 14.3. The Morgan fingerprint density at radius 3 is 2.84 bits per heavy atom. The van der Waals surface area contributed by atoms with E-state index in [4.69, 9.17) is 4.98 Å². The van der Waals surface area contributed by atoms with Crippen LogP contribution in [0.15, 0.2) is 47.4 Å². The van der Waals surface area contributed by atoms with E-state index < -0.39 is 0 Å². The van der Waals surface area contributed by atoms with E-state index >= 15 is 0 Å². The van der Waals surface area contributed by atoms with Crippen molar-refractivity contribution in [2.45, 2.75) is 33.0 Å². The van der Waals surface area contributed by atoms with Gasteiger partial charge in [0.05, 0.1) is 17.0 Å². The van der Waals surface area contributed by atoms with Crippen molar-refractivity contribution in [2.24, 2.45) is 0 Å². The molecule has 0 saturated heterocycles. The highest BCUT2D eigenvalue weighted by atomic mass is 16.1. The average Bonchev–Trinajstić information content (AvgIpc) is 3.10. The van der Waals surface area contributed by atoms with Crippen LogP contribution in [-0.2, 0) is 26.1 Å². The highest BCUT2D eigenvalue weighted by Gasteiger charge is 2.22. The Morgan fingerprint density at radius 2 is 2.04 bits per heavy atom. The topological polar surface area (TPSA) is 66.8 Å². The van der Waals surface area contributed by atoms with Gasteiger partial charge in [0.15, 0.2) is 0 Å². The predicted molar refractivity (Wildman–Crippen MR) is 96.0 cm³/mol. The van der Waals surface area contributed by atoms with Gasteiger partial charge < -0.3 is 4.98 Å². The van der Waals surface area contributed by atoms with Crippen molar-refractivity contribution in [3.05, 3.63) is 69.9 Å². The van der Waals surface area contributed by atoms with E-state index in [-0.39, 0.29) is 5.56 Å². The van der Waals surface area contributed by atoms with E-state index in [0.717, 1.165) is 42.9 Å². The molecule has 2 aromatic heterocycles. The van der Waals surface area contributed by atoms with E-state index in [9.17, 15) is 4.79 Å². The number of aromatic nitrogens is 4. The molecule has 0 spiro atoms. The number of hydrogen-bond donors (Lipinski definition) is 1. The van der Waals surface area contributed by atoms with Crippen LogP contribution >= 0.6 is 0 Å². The van der Waals surface area contributed by atoms with Crippen LogP contribution in [0.25, 0.3) is 11.4 Å². The van der Waals surface area contributed by atoms with Crippen LogP contribution in [0.5, 0.6) is 0 Å². The lowest BCUT2D eigenvalue weighted by atomic mass is 10.1. The Hall–Kier alpha value is -2.73. The average molecular weight is 335 g/mol. The summed E-state index contributed by atoms with van der Waals surface area (Å²) in [7, 11) is 0. The second-order valence-corrected chi connectivity index (χ2v) is 6.30. The molecule has 0 bridgehead atoms. The molecule has 0 saturated carbocycles. The second-order valence-electron chi connectivity index (χ2n) is 6.30. The minimum Gasteiger partial charge on any atom is -0.306 e. The van der Waals surface area contributed by atoms with Crippen LogP contribution in [0, 0.1) is 0 Å². The first kappa shape index (κ1) is 15.8. The van der Waals surface area contributed by atoms with E-state index in [1.54, 1.807) is 0 Å². The molecule has 0 unspecified atom stereocenters. The summed E-state index contributed by atoms with van der Waals surface area (Å²) in [6.07, 6.45) is 2.62. The minimum atomic E-state index is -0.0300. The van der Waals surface area contributed by atoms with Crippen LogP contribution in [0.1, 0.15) is 23.9 Å². The second kappa shape index (κ2) is 6.64. The van der Waals surface area contributed by atoms with Gasteiger partial charge in [-0.2, -0.15) is 5.10 Å². The summed E-state index contributed by atoms with van der Waals surface area (Å²) in [5.74, 6) is 0.654. The van der Waals surface area contributed by atoms with Crippen molar-refractivity contribution < 1.29 is 0 Å². The number of rotatable bonds is 4. The number of fused-ring (bicyclic) bond motifs is 1. The molecule has 0 radical (unpaired) electrons. The molecule has 0 aliphatic carbocycles. The van der Waals surface area contributed by atoms with Crippen molar-refractivity contribution in [2.75, 3.05) is 6.54 Å². The first-order valence-corrected chi connectivity index (χ1v) is 8.65. The van der Waals surface area contributed by atoms with Crippen LogP contribution in [0.2, 0.25) is 0 Å². The van der Waals surface area contributed by atoms with E-state index in [0.29, 0.717) is 12.4 Å². The lowest BCUT2D eigenvalue weighted by Crippen LogP contribution is -2.36. The molecule has 0 atom stereocenters. The largest absolute Gasteiger partial charge is 0.306 e. The fraction of sp³-hybridized carbons (Fsp3) is 0.316. The van der Waals surface area contributed by atoms with Gasteiger partial charge in [-0.3, -0.25) is 14.4 Å². The standard InChI is InChI=1S/C19H21N5O/c1-2-24-15(8-10-20-24)12-23-11-9-17-16(13-23)19(25)22-18(21-17)14-6-4-3-5-7-14/h3-8,10H,2,9,11-13H2,1H3,(H,21,22,25). The van der Waals surface area contributed by atoms with Gasteiger partial charge in [0.2, 0.25) is 0 Å². The van der Waals surface area contributed by atoms with Gasteiger partial charge in [-0.15, -0.1) is 0 Å². The molecule has 3 aromatic rings. The van der Waals surface area contributed by atoms with Crippen LogP contribution in [0.3, 0.4) is 0 Å². The maximum absolute atomic E-state index is 12.6. The Morgan fingerprint density at radius 1 is 1.20 bits per heavy atom. The molecule has 6 heteroatoms. The molecule has 3 heterocycles. The molecule has 1 aromatic carbocycles. The van der Waals surface area contributed by atoms with Gasteiger partial charge in [-0.05, 0) is 13.0 Å². The van der Waals surface area contributed by atoms with Gasteiger partial charge in [0.25, 0.3) is 5.56 Å². The van der Waals surface area contributed by atoms with E-state index in [1.807, 2.05) is 47.3 Å². The van der Waals surface area contributed by atoms with Crippen LogP contribution < -0.4 is 5.56 Å². The normalized spacial score (nSPS) is 14.4. The maximum Gasteiger partial charge on any atom is 0.255 e. The fourth-order valence-electron chi connectivity index (χ4n) is 3.36. The monoisotopic (exact) mass is 335 g/mol. The number of benzene rings is 1. The highest BCUT2D eigenvalue weighted by Crippen LogP contribution is 2.19. The van der Waals surface area contributed by atoms with Crippen molar-refractivity contribution in [3.63, 3.8) is 0 Å². The van der Waals surface area contributed by atoms with Crippen molar-refractivity contribution in [1.29, 1.82) is 0 Å². The molecule has 1 N–H and O–H groups in total.